The van der Waals surface area contributed by atoms with Crippen LogP contribution < -0.4 is 5.32 Å². The number of hydrogen-bond acceptors (Lipinski definition) is 3. The lowest BCUT2D eigenvalue weighted by Crippen LogP contribution is -2.42. The zero-order valence-electron chi connectivity index (χ0n) is 10.3. The first-order valence-electron chi connectivity index (χ1n) is 5.80. The maximum Gasteiger partial charge on any atom is 0.326 e. The summed E-state index contributed by atoms with van der Waals surface area (Å²) in [5.41, 5.74) is 0.841. The molecule has 0 aliphatic heterocycles. The quantitative estimate of drug-likeness (QED) is 0.644. The van der Waals surface area contributed by atoms with Crippen LogP contribution in [-0.4, -0.2) is 39.1 Å². The highest BCUT2D eigenvalue weighted by atomic mass is 16.4. The number of carboxylic acids is 2. The van der Waals surface area contributed by atoms with Crippen LogP contribution in [0.1, 0.15) is 16.8 Å². The number of hydrogen-bond donors (Lipinski definition) is 4. The average molecular weight is 276 g/mol. The van der Waals surface area contributed by atoms with Crippen molar-refractivity contribution in [2.24, 2.45) is 0 Å². The summed E-state index contributed by atoms with van der Waals surface area (Å²) >= 11 is 0. The van der Waals surface area contributed by atoms with Gasteiger partial charge >= 0.3 is 11.9 Å². The van der Waals surface area contributed by atoms with Gasteiger partial charge in [0.1, 0.15) is 6.04 Å². The summed E-state index contributed by atoms with van der Waals surface area (Å²) in [6.07, 6.45) is 0.981. The molecule has 7 heteroatoms. The summed E-state index contributed by atoms with van der Waals surface area (Å²) in [5.74, 6) is -3.32. The summed E-state index contributed by atoms with van der Waals surface area (Å²) < 4.78 is 0. The van der Waals surface area contributed by atoms with E-state index in [1.807, 2.05) is 0 Å². The number of carbonyl (C=O) groups excluding carboxylic acids is 1. The Labute approximate surface area is 113 Å². The number of para-hydroxylation sites is 1. The Morgan fingerprint density at radius 3 is 2.60 bits per heavy atom. The van der Waals surface area contributed by atoms with Crippen LogP contribution in [0.25, 0.3) is 10.9 Å². The second-order valence-electron chi connectivity index (χ2n) is 4.21. The minimum atomic E-state index is -1.47. The van der Waals surface area contributed by atoms with Gasteiger partial charge in [-0.15, -0.1) is 0 Å². The third kappa shape index (κ3) is 2.77. The molecule has 2 rings (SSSR count). The molecule has 1 aromatic carbocycles. The van der Waals surface area contributed by atoms with Crippen molar-refractivity contribution in [3.8, 4) is 0 Å². The molecule has 4 N–H and O–H groups in total. The number of aromatic nitrogens is 1. The van der Waals surface area contributed by atoms with Crippen molar-refractivity contribution >= 4 is 28.7 Å². The average Bonchev–Trinajstić information content (AvgIpc) is 2.84. The van der Waals surface area contributed by atoms with Gasteiger partial charge in [0.25, 0.3) is 5.91 Å². The molecule has 1 atom stereocenters. The fraction of sp³-hybridized carbons (Fsp3) is 0.154. The lowest BCUT2D eigenvalue weighted by atomic mass is 10.1. The minimum Gasteiger partial charge on any atom is -0.481 e. The molecular formula is C13H12N2O5. The highest BCUT2D eigenvalue weighted by Crippen LogP contribution is 2.17. The van der Waals surface area contributed by atoms with Gasteiger partial charge in [-0.1, -0.05) is 12.1 Å². The van der Waals surface area contributed by atoms with Crippen molar-refractivity contribution in [3.05, 3.63) is 36.0 Å². The molecule has 1 amide bonds. The van der Waals surface area contributed by atoms with Crippen molar-refractivity contribution in [1.82, 2.24) is 10.3 Å². The van der Waals surface area contributed by atoms with Gasteiger partial charge in [-0.25, -0.2) is 4.79 Å². The van der Waals surface area contributed by atoms with Gasteiger partial charge < -0.3 is 20.5 Å². The SMILES string of the molecule is O=C(O)C[C@H](NC(=O)c1cccc2cc[nH]c12)C(=O)O. The summed E-state index contributed by atoms with van der Waals surface area (Å²) in [7, 11) is 0. The monoisotopic (exact) mass is 276 g/mol. The summed E-state index contributed by atoms with van der Waals surface area (Å²) in [4.78, 5) is 36.5. The van der Waals surface area contributed by atoms with E-state index in [0.717, 1.165) is 5.39 Å². The highest BCUT2D eigenvalue weighted by molar-refractivity contribution is 6.06. The molecule has 0 spiro atoms. The molecule has 2 aromatic rings. The number of aromatic amines is 1. The summed E-state index contributed by atoms with van der Waals surface area (Å²) in [5, 5.41) is 20.6. The van der Waals surface area contributed by atoms with Gasteiger partial charge in [0.15, 0.2) is 0 Å². The second kappa shape index (κ2) is 5.43. The highest BCUT2D eigenvalue weighted by Gasteiger charge is 2.24. The number of nitrogens with one attached hydrogen (secondary N) is 2. The molecule has 0 radical (unpaired) electrons. The van der Waals surface area contributed by atoms with Gasteiger partial charge in [-0.05, 0) is 12.1 Å². The summed E-state index contributed by atoms with van der Waals surface area (Å²) in [6.45, 7) is 0. The molecule has 0 fully saturated rings. The second-order valence-corrected chi connectivity index (χ2v) is 4.21. The predicted molar refractivity (Wildman–Crippen MR) is 69.4 cm³/mol. The van der Waals surface area contributed by atoms with E-state index in [1.165, 1.54) is 6.07 Å². The molecule has 0 aliphatic rings. The number of rotatable bonds is 5. The normalized spacial score (nSPS) is 12.0. The molecule has 0 saturated heterocycles. The van der Waals surface area contributed by atoms with E-state index in [9.17, 15) is 14.4 Å². The molecule has 0 unspecified atom stereocenters. The number of benzene rings is 1. The van der Waals surface area contributed by atoms with Crippen LogP contribution in [0.5, 0.6) is 0 Å². The Balaban J connectivity index is 2.24. The van der Waals surface area contributed by atoms with Crippen molar-refractivity contribution in [3.63, 3.8) is 0 Å². The Bertz CT molecular complexity index is 676. The van der Waals surface area contributed by atoms with Crippen LogP contribution in [0, 0.1) is 0 Å². The molecule has 0 bridgehead atoms. The van der Waals surface area contributed by atoms with Crippen molar-refractivity contribution in [1.29, 1.82) is 0 Å². The van der Waals surface area contributed by atoms with E-state index in [-0.39, 0.29) is 5.56 Å². The number of aliphatic carboxylic acids is 2. The van der Waals surface area contributed by atoms with Crippen LogP contribution in [-0.2, 0) is 9.59 Å². The molecule has 104 valence electrons. The number of fused-ring (bicyclic) bond motifs is 1. The Hall–Kier alpha value is -2.83. The van der Waals surface area contributed by atoms with Crippen LogP contribution >= 0.6 is 0 Å². The number of carbonyl (C=O) groups is 3. The minimum absolute atomic E-state index is 0.268. The summed E-state index contributed by atoms with van der Waals surface area (Å²) in [6, 6.07) is 5.31. The van der Waals surface area contributed by atoms with Crippen molar-refractivity contribution in [2.45, 2.75) is 12.5 Å². The number of H-pyrrole nitrogens is 1. The van der Waals surface area contributed by atoms with Crippen LogP contribution in [0.4, 0.5) is 0 Å². The van der Waals surface area contributed by atoms with Gasteiger partial charge in [-0.2, -0.15) is 0 Å². The number of carboxylic acid groups (broad SMARTS) is 2. The van der Waals surface area contributed by atoms with E-state index in [0.29, 0.717) is 5.52 Å². The molecule has 1 heterocycles. The predicted octanol–water partition coefficient (Wildman–Crippen LogP) is 0.826. The van der Waals surface area contributed by atoms with Crippen LogP contribution in [0.2, 0.25) is 0 Å². The van der Waals surface area contributed by atoms with E-state index in [2.05, 4.69) is 10.3 Å². The fourth-order valence-electron chi connectivity index (χ4n) is 1.88. The molecule has 20 heavy (non-hydrogen) atoms. The third-order valence-electron chi connectivity index (χ3n) is 2.81. The first-order chi connectivity index (χ1) is 9.49. The molecule has 7 nitrogen and oxygen atoms in total. The van der Waals surface area contributed by atoms with Crippen molar-refractivity contribution < 1.29 is 24.6 Å². The molecule has 0 saturated carbocycles. The number of amides is 1. The van der Waals surface area contributed by atoms with Gasteiger partial charge in [-0.3, -0.25) is 9.59 Å². The lowest BCUT2D eigenvalue weighted by Gasteiger charge is -2.12. The molecular weight excluding hydrogens is 264 g/mol. The van der Waals surface area contributed by atoms with E-state index < -0.39 is 30.3 Å². The topological polar surface area (TPSA) is 119 Å². The van der Waals surface area contributed by atoms with E-state index >= 15 is 0 Å². The van der Waals surface area contributed by atoms with Gasteiger partial charge in [0, 0.05) is 11.6 Å². The lowest BCUT2D eigenvalue weighted by molar-refractivity contribution is -0.145. The Morgan fingerprint density at radius 1 is 1.20 bits per heavy atom. The van der Waals surface area contributed by atoms with Crippen LogP contribution in [0.3, 0.4) is 0 Å². The smallest absolute Gasteiger partial charge is 0.326 e. The first-order valence-corrected chi connectivity index (χ1v) is 5.80. The first kappa shape index (κ1) is 13.6. The maximum atomic E-state index is 12.1. The van der Waals surface area contributed by atoms with E-state index in [4.69, 9.17) is 10.2 Å². The standard InChI is InChI=1S/C13H12N2O5/c16-10(17)6-9(13(19)20)15-12(18)8-3-1-2-7-4-5-14-11(7)8/h1-5,9,14H,6H2,(H,15,18)(H,16,17)(H,19,20)/t9-/m0/s1. The molecule has 1 aromatic heterocycles. The molecule has 0 aliphatic carbocycles. The van der Waals surface area contributed by atoms with Gasteiger partial charge in [0.05, 0.1) is 17.5 Å². The van der Waals surface area contributed by atoms with E-state index in [1.54, 1.807) is 24.4 Å². The third-order valence-corrected chi connectivity index (χ3v) is 2.81. The van der Waals surface area contributed by atoms with Gasteiger partial charge in [0.2, 0.25) is 0 Å². The Morgan fingerprint density at radius 2 is 1.95 bits per heavy atom. The maximum absolute atomic E-state index is 12.1. The Kier molecular flexibility index (Phi) is 3.69. The largest absolute Gasteiger partial charge is 0.481 e. The fourth-order valence-corrected chi connectivity index (χ4v) is 1.88. The van der Waals surface area contributed by atoms with Crippen LogP contribution in [0.15, 0.2) is 30.5 Å². The zero-order valence-corrected chi connectivity index (χ0v) is 10.3. The van der Waals surface area contributed by atoms with Crippen molar-refractivity contribution in [2.75, 3.05) is 0 Å². The zero-order chi connectivity index (χ0) is 14.7.